The molecule has 21 heavy (non-hydrogen) atoms. The van der Waals surface area contributed by atoms with Crippen molar-refractivity contribution in [2.75, 3.05) is 4.72 Å². The third-order valence-corrected chi connectivity index (χ3v) is 4.47. The minimum absolute atomic E-state index is 0.153. The van der Waals surface area contributed by atoms with E-state index in [9.17, 15) is 17.6 Å². The maximum absolute atomic E-state index is 13.6. The molecular weight excluding hydrogens is 365 g/mol. The molecule has 0 aromatic heterocycles. The van der Waals surface area contributed by atoms with E-state index in [1.165, 1.54) is 30.3 Å². The van der Waals surface area contributed by atoms with Crippen LogP contribution in [0.25, 0.3) is 0 Å². The Balaban J connectivity index is 2.49. The first-order valence-electron chi connectivity index (χ1n) is 5.61. The Bertz CT molecular complexity index is 808. The molecule has 110 valence electrons. The van der Waals surface area contributed by atoms with Crippen LogP contribution in [0.3, 0.4) is 0 Å². The van der Waals surface area contributed by atoms with Crippen LogP contribution >= 0.6 is 15.9 Å². The van der Waals surface area contributed by atoms with Gasteiger partial charge in [0.25, 0.3) is 10.0 Å². The summed E-state index contributed by atoms with van der Waals surface area (Å²) in [7, 11) is -4.23. The average molecular weight is 374 g/mol. The van der Waals surface area contributed by atoms with Gasteiger partial charge >= 0.3 is 5.97 Å². The van der Waals surface area contributed by atoms with E-state index in [1.807, 2.05) is 0 Å². The number of hydrogen-bond acceptors (Lipinski definition) is 3. The fourth-order valence-electron chi connectivity index (χ4n) is 1.65. The predicted molar refractivity (Wildman–Crippen MR) is 78.3 cm³/mol. The van der Waals surface area contributed by atoms with Gasteiger partial charge in [-0.05, 0) is 30.3 Å². The van der Waals surface area contributed by atoms with Crippen molar-refractivity contribution >= 4 is 37.6 Å². The highest BCUT2D eigenvalue weighted by molar-refractivity contribution is 9.10. The van der Waals surface area contributed by atoms with E-state index >= 15 is 0 Å². The number of carboxylic acids is 1. The molecule has 0 unspecified atom stereocenters. The molecule has 2 N–H and O–H groups in total. The van der Waals surface area contributed by atoms with Gasteiger partial charge in [0.05, 0.1) is 11.3 Å². The first-order chi connectivity index (χ1) is 9.81. The van der Waals surface area contributed by atoms with Crippen LogP contribution in [0.5, 0.6) is 0 Å². The van der Waals surface area contributed by atoms with Gasteiger partial charge in [-0.3, -0.25) is 4.72 Å². The Labute approximate surface area is 128 Å². The lowest BCUT2D eigenvalue weighted by Gasteiger charge is -2.11. The van der Waals surface area contributed by atoms with Crippen LogP contribution < -0.4 is 4.72 Å². The van der Waals surface area contributed by atoms with Crippen molar-refractivity contribution in [3.63, 3.8) is 0 Å². The molecule has 2 aromatic rings. The molecule has 0 aliphatic carbocycles. The monoisotopic (exact) mass is 373 g/mol. The zero-order valence-corrected chi connectivity index (χ0v) is 12.8. The summed E-state index contributed by atoms with van der Waals surface area (Å²) < 4.78 is 40.5. The van der Waals surface area contributed by atoms with Crippen molar-refractivity contribution in [1.29, 1.82) is 0 Å². The number of sulfonamides is 1. The van der Waals surface area contributed by atoms with Crippen LogP contribution in [-0.4, -0.2) is 19.5 Å². The summed E-state index contributed by atoms with van der Waals surface area (Å²) in [4.78, 5) is 10.5. The Morgan fingerprint density at radius 3 is 2.48 bits per heavy atom. The van der Waals surface area contributed by atoms with Crippen LogP contribution in [0.4, 0.5) is 10.1 Å². The van der Waals surface area contributed by atoms with E-state index in [2.05, 4.69) is 20.7 Å². The number of benzene rings is 2. The molecule has 0 aliphatic rings. The number of anilines is 1. The Morgan fingerprint density at radius 2 is 1.86 bits per heavy atom. The predicted octanol–water partition coefficient (Wildman–Crippen LogP) is 3.09. The molecule has 0 atom stereocenters. The first-order valence-corrected chi connectivity index (χ1v) is 7.89. The fraction of sp³-hybridized carbons (Fsp3) is 0. The van der Waals surface area contributed by atoms with Crippen LogP contribution in [0.15, 0.2) is 51.8 Å². The normalized spacial score (nSPS) is 11.1. The highest BCUT2D eigenvalue weighted by Crippen LogP contribution is 2.25. The number of halogens is 2. The van der Waals surface area contributed by atoms with Gasteiger partial charge in [-0.15, -0.1) is 0 Å². The summed E-state index contributed by atoms with van der Waals surface area (Å²) in [5, 5.41) is 9.05. The topological polar surface area (TPSA) is 83.5 Å². The molecule has 5 nitrogen and oxygen atoms in total. The van der Waals surface area contributed by atoms with Gasteiger partial charge in [-0.1, -0.05) is 28.1 Å². The number of carboxylic acid groups (broad SMARTS) is 1. The van der Waals surface area contributed by atoms with E-state index in [1.54, 1.807) is 0 Å². The second-order valence-corrected chi connectivity index (χ2v) is 6.60. The third-order valence-electron chi connectivity index (χ3n) is 2.58. The summed E-state index contributed by atoms with van der Waals surface area (Å²) in [5.74, 6) is -2.22. The second-order valence-electron chi connectivity index (χ2n) is 4.03. The van der Waals surface area contributed by atoms with Gasteiger partial charge in [-0.2, -0.15) is 0 Å². The zero-order valence-electron chi connectivity index (χ0n) is 10.4. The summed E-state index contributed by atoms with van der Waals surface area (Å²) in [6, 6.07) is 8.83. The smallest absolute Gasteiger partial charge is 0.337 e. The first kappa shape index (κ1) is 15.5. The molecule has 0 heterocycles. The quantitative estimate of drug-likeness (QED) is 0.862. The summed E-state index contributed by atoms with van der Waals surface area (Å²) in [6.45, 7) is 0. The molecule has 2 rings (SSSR count). The standard InChI is InChI=1S/C13H9BrFNO4S/c14-8-5-6-9(13(17)18)11(7-8)16-21(19,20)12-4-2-1-3-10(12)15/h1-7,16H,(H,17,18). The molecule has 0 amide bonds. The molecule has 8 heteroatoms. The number of rotatable bonds is 4. The molecule has 2 aromatic carbocycles. The number of nitrogens with one attached hydrogen (secondary N) is 1. The van der Waals surface area contributed by atoms with E-state index in [0.29, 0.717) is 4.47 Å². The number of hydrogen-bond donors (Lipinski definition) is 2. The Kier molecular flexibility index (Phi) is 4.29. The van der Waals surface area contributed by atoms with Crippen molar-refractivity contribution in [1.82, 2.24) is 0 Å². The highest BCUT2D eigenvalue weighted by Gasteiger charge is 2.21. The Hall–Kier alpha value is -1.93. The van der Waals surface area contributed by atoms with Crippen molar-refractivity contribution in [3.8, 4) is 0 Å². The minimum Gasteiger partial charge on any atom is -0.478 e. The van der Waals surface area contributed by atoms with Crippen molar-refractivity contribution in [2.24, 2.45) is 0 Å². The molecule has 0 aliphatic heterocycles. The van der Waals surface area contributed by atoms with Crippen LogP contribution in [0, 0.1) is 5.82 Å². The molecule has 0 radical (unpaired) electrons. The van der Waals surface area contributed by atoms with Gasteiger partial charge in [0.15, 0.2) is 0 Å². The maximum atomic E-state index is 13.6. The summed E-state index contributed by atoms with van der Waals surface area (Å²) >= 11 is 3.12. The third kappa shape index (κ3) is 3.40. The largest absolute Gasteiger partial charge is 0.478 e. The van der Waals surface area contributed by atoms with E-state index < -0.39 is 26.7 Å². The zero-order chi connectivity index (χ0) is 15.6. The lowest BCUT2D eigenvalue weighted by atomic mass is 10.2. The molecule has 0 spiro atoms. The molecule has 0 saturated carbocycles. The number of aromatic carboxylic acids is 1. The van der Waals surface area contributed by atoms with Crippen molar-refractivity contribution in [3.05, 3.63) is 58.3 Å². The average Bonchev–Trinajstić information content (AvgIpc) is 2.38. The summed E-state index contributed by atoms with van der Waals surface area (Å²) in [5.41, 5.74) is -0.391. The van der Waals surface area contributed by atoms with Gasteiger partial charge in [0, 0.05) is 4.47 Å². The molecule has 0 fully saturated rings. The number of carbonyl (C=O) groups is 1. The molecular formula is C13H9BrFNO4S. The van der Waals surface area contributed by atoms with E-state index in [0.717, 1.165) is 12.1 Å². The highest BCUT2D eigenvalue weighted by atomic mass is 79.9. The van der Waals surface area contributed by atoms with Gasteiger partial charge < -0.3 is 5.11 Å². The minimum atomic E-state index is -4.23. The van der Waals surface area contributed by atoms with Gasteiger partial charge in [0.1, 0.15) is 10.7 Å². The van der Waals surface area contributed by atoms with Crippen molar-refractivity contribution < 1.29 is 22.7 Å². The molecule has 0 saturated heterocycles. The van der Waals surface area contributed by atoms with Crippen LogP contribution in [-0.2, 0) is 10.0 Å². The summed E-state index contributed by atoms with van der Waals surface area (Å²) in [6.07, 6.45) is 0. The maximum Gasteiger partial charge on any atom is 0.337 e. The fourth-order valence-corrected chi connectivity index (χ4v) is 3.16. The van der Waals surface area contributed by atoms with Gasteiger partial charge in [-0.25, -0.2) is 17.6 Å². The van der Waals surface area contributed by atoms with Crippen molar-refractivity contribution in [2.45, 2.75) is 4.90 Å². The second kappa shape index (κ2) is 5.82. The van der Waals surface area contributed by atoms with E-state index in [-0.39, 0.29) is 11.3 Å². The van der Waals surface area contributed by atoms with Crippen LogP contribution in [0.2, 0.25) is 0 Å². The Morgan fingerprint density at radius 1 is 1.19 bits per heavy atom. The molecule has 0 bridgehead atoms. The van der Waals surface area contributed by atoms with E-state index in [4.69, 9.17) is 5.11 Å². The lowest BCUT2D eigenvalue weighted by molar-refractivity contribution is 0.0698. The van der Waals surface area contributed by atoms with Crippen LogP contribution in [0.1, 0.15) is 10.4 Å². The van der Waals surface area contributed by atoms with Gasteiger partial charge in [0.2, 0.25) is 0 Å². The SMILES string of the molecule is O=C(O)c1ccc(Br)cc1NS(=O)(=O)c1ccccc1F. The lowest BCUT2D eigenvalue weighted by Crippen LogP contribution is -2.16.